The van der Waals surface area contributed by atoms with Gasteiger partial charge in [-0.05, 0) is 55.4 Å². The number of aromatic hydroxyl groups is 1. The molecule has 1 aromatic carbocycles. The Morgan fingerprint density at radius 1 is 1.42 bits per heavy atom. The SMILES string of the molecule is C[C@H]1C/C(=N\NC(=O)c2cc3c(s2)CCC3)c2c(O)ccc(F)c21. The van der Waals surface area contributed by atoms with Gasteiger partial charge < -0.3 is 5.11 Å². The monoisotopic (exact) mass is 344 g/mol. The predicted molar refractivity (Wildman–Crippen MR) is 91.4 cm³/mol. The van der Waals surface area contributed by atoms with Crippen molar-refractivity contribution in [1.29, 1.82) is 0 Å². The first-order valence-corrected chi connectivity index (χ1v) is 8.86. The molecule has 4 nitrogen and oxygen atoms in total. The number of thiophene rings is 1. The largest absolute Gasteiger partial charge is 0.507 e. The molecule has 124 valence electrons. The molecule has 6 heteroatoms. The molecule has 2 aliphatic carbocycles. The van der Waals surface area contributed by atoms with Gasteiger partial charge in [-0.15, -0.1) is 11.3 Å². The summed E-state index contributed by atoms with van der Waals surface area (Å²) < 4.78 is 14.0. The number of benzene rings is 1. The van der Waals surface area contributed by atoms with E-state index >= 15 is 0 Å². The lowest BCUT2D eigenvalue weighted by atomic mass is 10.0. The van der Waals surface area contributed by atoms with E-state index in [0.29, 0.717) is 28.1 Å². The van der Waals surface area contributed by atoms with Gasteiger partial charge in [0.1, 0.15) is 11.6 Å². The lowest BCUT2D eigenvalue weighted by Gasteiger charge is -2.06. The summed E-state index contributed by atoms with van der Waals surface area (Å²) in [5.74, 6) is -0.674. The number of hydrazone groups is 1. The smallest absolute Gasteiger partial charge is 0.281 e. The van der Waals surface area contributed by atoms with Crippen molar-refractivity contribution in [3.8, 4) is 5.75 Å². The summed E-state index contributed by atoms with van der Waals surface area (Å²) >= 11 is 1.51. The number of phenols is 1. The van der Waals surface area contributed by atoms with Crippen LogP contribution in [-0.4, -0.2) is 16.7 Å². The molecule has 2 N–H and O–H groups in total. The molecule has 1 aromatic heterocycles. The number of amides is 1. The minimum Gasteiger partial charge on any atom is -0.507 e. The van der Waals surface area contributed by atoms with Crippen molar-refractivity contribution in [2.75, 3.05) is 0 Å². The minimum absolute atomic E-state index is 0.00107. The molecule has 1 heterocycles. The Morgan fingerprint density at radius 2 is 2.25 bits per heavy atom. The fourth-order valence-electron chi connectivity index (χ4n) is 3.58. The third-order valence-electron chi connectivity index (χ3n) is 4.71. The Bertz CT molecular complexity index is 851. The standard InChI is InChI=1S/C18H17FN2O2S/c1-9-7-12(17-13(22)6-5-11(19)16(9)17)20-21-18(23)15-8-10-3-2-4-14(10)24-15/h5-6,8-9,22H,2-4,7H2,1H3,(H,21,23)/b20-12+/t9-/m0/s1. The van der Waals surface area contributed by atoms with Gasteiger partial charge in [-0.25, -0.2) is 9.82 Å². The van der Waals surface area contributed by atoms with Crippen LogP contribution in [0.25, 0.3) is 0 Å². The number of halogens is 1. The Kier molecular flexibility index (Phi) is 3.64. The lowest BCUT2D eigenvalue weighted by Crippen LogP contribution is -2.18. The predicted octanol–water partition coefficient (Wildman–Crippen LogP) is 3.72. The summed E-state index contributed by atoms with van der Waals surface area (Å²) in [5.41, 5.74) is 5.23. The summed E-state index contributed by atoms with van der Waals surface area (Å²) in [6.45, 7) is 1.88. The Hall–Kier alpha value is -2.21. The third-order valence-corrected chi connectivity index (χ3v) is 5.95. The number of rotatable bonds is 2. The van der Waals surface area contributed by atoms with Crippen LogP contribution in [0.2, 0.25) is 0 Å². The first-order chi connectivity index (χ1) is 11.5. The van der Waals surface area contributed by atoms with E-state index in [1.54, 1.807) is 0 Å². The first kappa shape index (κ1) is 15.3. The van der Waals surface area contributed by atoms with Crippen LogP contribution < -0.4 is 5.43 Å². The summed E-state index contributed by atoms with van der Waals surface area (Å²) in [4.78, 5) is 14.2. The molecule has 0 saturated heterocycles. The highest BCUT2D eigenvalue weighted by Gasteiger charge is 2.31. The topological polar surface area (TPSA) is 61.7 Å². The van der Waals surface area contributed by atoms with Gasteiger partial charge in [0, 0.05) is 16.0 Å². The van der Waals surface area contributed by atoms with Crippen LogP contribution in [0.5, 0.6) is 5.75 Å². The zero-order valence-electron chi connectivity index (χ0n) is 13.2. The van der Waals surface area contributed by atoms with Gasteiger partial charge >= 0.3 is 0 Å². The fraction of sp³-hybridized carbons (Fsp3) is 0.333. The average Bonchev–Trinajstić information content (AvgIpc) is 3.22. The van der Waals surface area contributed by atoms with Crippen molar-refractivity contribution in [2.45, 2.75) is 38.5 Å². The van der Waals surface area contributed by atoms with Crippen LogP contribution >= 0.6 is 11.3 Å². The second-order valence-corrected chi connectivity index (χ2v) is 7.51. The lowest BCUT2D eigenvalue weighted by molar-refractivity contribution is 0.0958. The van der Waals surface area contributed by atoms with Crippen molar-refractivity contribution in [1.82, 2.24) is 5.43 Å². The maximum absolute atomic E-state index is 14.0. The molecule has 0 aliphatic heterocycles. The quantitative estimate of drug-likeness (QED) is 0.816. The molecule has 0 fully saturated rings. The molecule has 0 radical (unpaired) electrons. The Morgan fingerprint density at radius 3 is 3.04 bits per heavy atom. The highest BCUT2D eigenvalue weighted by atomic mass is 32.1. The number of carbonyl (C=O) groups is 1. The first-order valence-electron chi connectivity index (χ1n) is 8.05. The maximum atomic E-state index is 14.0. The molecular formula is C18H17FN2O2S. The minimum atomic E-state index is -0.346. The third kappa shape index (κ3) is 2.41. The van der Waals surface area contributed by atoms with E-state index in [4.69, 9.17) is 0 Å². The van der Waals surface area contributed by atoms with Crippen LogP contribution in [0.15, 0.2) is 23.3 Å². The fourth-order valence-corrected chi connectivity index (χ4v) is 4.72. The van der Waals surface area contributed by atoms with Crippen molar-refractivity contribution in [2.24, 2.45) is 5.10 Å². The normalized spacial score (nSPS) is 20.2. The van der Waals surface area contributed by atoms with Crippen LogP contribution in [0.4, 0.5) is 4.39 Å². The molecule has 4 rings (SSSR count). The number of hydrogen-bond donors (Lipinski definition) is 2. The number of hydrogen-bond acceptors (Lipinski definition) is 4. The van der Waals surface area contributed by atoms with E-state index in [1.807, 2.05) is 13.0 Å². The summed E-state index contributed by atoms with van der Waals surface area (Å²) in [6, 6.07) is 4.53. The molecule has 1 amide bonds. The van der Waals surface area contributed by atoms with E-state index in [2.05, 4.69) is 10.5 Å². The number of aryl methyl sites for hydroxylation is 2. The van der Waals surface area contributed by atoms with Gasteiger partial charge in [0.25, 0.3) is 5.91 Å². The number of nitrogens with zero attached hydrogens (tertiary/aromatic N) is 1. The molecular weight excluding hydrogens is 327 g/mol. The molecule has 2 aliphatic rings. The van der Waals surface area contributed by atoms with E-state index in [-0.39, 0.29) is 23.4 Å². The molecule has 24 heavy (non-hydrogen) atoms. The van der Waals surface area contributed by atoms with Gasteiger partial charge in [-0.3, -0.25) is 4.79 Å². The highest BCUT2D eigenvalue weighted by molar-refractivity contribution is 7.14. The average molecular weight is 344 g/mol. The molecule has 0 unspecified atom stereocenters. The summed E-state index contributed by atoms with van der Waals surface area (Å²) in [7, 11) is 0. The highest BCUT2D eigenvalue weighted by Crippen LogP contribution is 2.39. The zero-order valence-corrected chi connectivity index (χ0v) is 14.0. The maximum Gasteiger partial charge on any atom is 0.281 e. The van der Waals surface area contributed by atoms with Crippen LogP contribution in [0.3, 0.4) is 0 Å². The zero-order chi connectivity index (χ0) is 16.8. The Labute approximate surface area is 143 Å². The van der Waals surface area contributed by atoms with Crippen molar-refractivity contribution >= 4 is 23.0 Å². The number of fused-ring (bicyclic) bond motifs is 2. The van der Waals surface area contributed by atoms with Crippen molar-refractivity contribution in [3.63, 3.8) is 0 Å². The summed E-state index contributed by atoms with van der Waals surface area (Å²) in [5, 5.41) is 14.2. The number of carbonyl (C=O) groups excluding carboxylic acids is 1. The molecule has 2 aromatic rings. The summed E-state index contributed by atoms with van der Waals surface area (Å²) in [6.07, 6.45) is 3.72. The molecule has 0 saturated carbocycles. The van der Waals surface area contributed by atoms with Gasteiger partial charge in [0.2, 0.25) is 0 Å². The number of phenolic OH excluding ortho intramolecular Hbond substituents is 1. The second-order valence-electron chi connectivity index (χ2n) is 6.37. The molecule has 0 spiro atoms. The van der Waals surface area contributed by atoms with E-state index in [1.165, 1.54) is 33.9 Å². The number of nitrogens with one attached hydrogen (secondary N) is 1. The van der Waals surface area contributed by atoms with Gasteiger partial charge in [-0.2, -0.15) is 5.10 Å². The van der Waals surface area contributed by atoms with E-state index < -0.39 is 0 Å². The van der Waals surface area contributed by atoms with E-state index in [9.17, 15) is 14.3 Å². The van der Waals surface area contributed by atoms with E-state index in [0.717, 1.165) is 19.3 Å². The van der Waals surface area contributed by atoms with Gasteiger partial charge in [0.05, 0.1) is 10.6 Å². The molecule has 0 bridgehead atoms. The van der Waals surface area contributed by atoms with Crippen molar-refractivity contribution in [3.05, 3.63) is 50.5 Å². The molecule has 1 atom stereocenters. The van der Waals surface area contributed by atoms with Crippen LogP contribution in [-0.2, 0) is 12.8 Å². The van der Waals surface area contributed by atoms with Gasteiger partial charge in [-0.1, -0.05) is 6.92 Å². The van der Waals surface area contributed by atoms with Crippen LogP contribution in [0.1, 0.15) is 56.9 Å². The van der Waals surface area contributed by atoms with Gasteiger partial charge in [0.15, 0.2) is 0 Å². The second kappa shape index (κ2) is 5.70. The van der Waals surface area contributed by atoms with Crippen LogP contribution in [0, 0.1) is 5.82 Å². The Balaban J connectivity index is 1.59. The van der Waals surface area contributed by atoms with Crippen molar-refractivity contribution < 1.29 is 14.3 Å².